The molecule has 0 saturated carbocycles. The third kappa shape index (κ3) is 3.55. The summed E-state index contributed by atoms with van der Waals surface area (Å²) in [4.78, 5) is 11.8. The maximum absolute atomic E-state index is 11.8. The van der Waals surface area contributed by atoms with Gasteiger partial charge in [0.25, 0.3) is 0 Å². The van der Waals surface area contributed by atoms with Crippen molar-refractivity contribution in [2.75, 3.05) is 13.7 Å². The van der Waals surface area contributed by atoms with E-state index in [-0.39, 0.29) is 12.2 Å². The zero-order chi connectivity index (χ0) is 12.8. The predicted molar refractivity (Wildman–Crippen MR) is 68.3 cm³/mol. The Labute approximate surface area is 107 Å². The Bertz CT molecular complexity index is 380. The molecule has 4 heteroatoms. The molecule has 1 aliphatic rings. The summed E-state index contributed by atoms with van der Waals surface area (Å²) in [5.74, 6) is -0.263. The highest BCUT2D eigenvalue weighted by molar-refractivity contribution is 5.89. The number of ether oxygens (including phenoxy) is 2. The molecule has 98 valence electrons. The molecule has 1 N–H and O–H groups in total. The second-order valence-electron chi connectivity index (χ2n) is 4.48. The number of methoxy groups -OCH3 is 1. The lowest BCUT2D eigenvalue weighted by Gasteiger charge is -2.14. The molecule has 1 aliphatic heterocycles. The Morgan fingerprint density at radius 1 is 1.33 bits per heavy atom. The van der Waals surface area contributed by atoms with Gasteiger partial charge in [0.1, 0.15) is 0 Å². The van der Waals surface area contributed by atoms with Crippen molar-refractivity contribution in [3.8, 4) is 0 Å². The van der Waals surface area contributed by atoms with Gasteiger partial charge in [0, 0.05) is 19.8 Å². The van der Waals surface area contributed by atoms with E-state index in [0.29, 0.717) is 11.6 Å². The van der Waals surface area contributed by atoms with Gasteiger partial charge in [0.2, 0.25) is 0 Å². The van der Waals surface area contributed by atoms with Crippen LogP contribution in [0.2, 0.25) is 0 Å². The number of nitrogens with one attached hydrogen (secondary N) is 1. The molecule has 2 rings (SSSR count). The molecule has 0 aromatic heterocycles. The highest BCUT2D eigenvalue weighted by atomic mass is 16.6. The minimum Gasteiger partial charge on any atom is -0.443 e. The van der Waals surface area contributed by atoms with Crippen LogP contribution in [-0.2, 0) is 9.47 Å². The van der Waals surface area contributed by atoms with Crippen molar-refractivity contribution in [2.45, 2.75) is 31.5 Å². The van der Waals surface area contributed by atoms with E-state index in [4.69, 9.17) is 9.47 Å². The molecule has 2 atom stereocenters. The maximum atomic E-state index is 11.8. The van der Waals surface area contributed by atoms with Crippen LogP contribution >= 0.6 is 0 Å². The van der Waals surface area contributed by atoms with Crippen LogP contribution in [0.15, 0.2) is 30.3 Å². The Morgan fingerprint density at radius 2 is 2.11 bits per heavy atom. The molecule has 4 nitrogen and oxygen atoms in total. The molecule has 2 unspecified atom stereocenters. The lowest BCUT2D eigenvalue weighted by Crippen LogP contribution is -2.33. The minimum absolute atomic E-state index is 0.167. The lowest BCUT2D eigenvalue weighted by atomic mass is 10.2. The normalized spacial score (nSPS) is 22.9. The quantitative estimate of drug-likeness (QED) is 0.810. The lowest BCUT2D eigenvalue weighted by molar-refractivity contribution is 0.0253. The summed E-state index contributed by atoms with van der Waals surface area (Å²) in [5, 5.41) is 3.30. The number of carbonyl (C=O) groups is 1. The fourth-order valence-corrected chi connectivity index (χ4v) is 2.13. The third-order valence-corrected chi connectivity index (χ3v) is 3.13. The summed E-state index contributed by atoms with van der Waals surface area (Å²) in [6.07, 6.45) is 2.68. The van der Waals surface area contributed by atoms with Gasteiger partial charge in [-0.25, -0.2) is 4.79 Å². The van der Waals surface area contributed by atoms with Crippen LogP contribution in [0.5, 0.6) is 0 Å². The predicted octanol–water partition coefficient (Wildman–Crippen LogP) is 1.96. The first kappa shape index (κ1) is 13.1. The smallest absolute Gasteiger partial charge is 0.339 e. The molecule has 1 saturated heterocycles. The van der Waals surface area contributed by atoms with E-state index in [1.165, 1.54) is 0 Å². The van der Waals surface area contributed by atoms with Gasteiger partial charge in [-0.1, -0.05) is 18.2 Å². The Kier molecular flexibility index (Phi) is 4.73. The summed E-state index contributed by atoms with van der Waals surface area (Å²) in [6.45, 7) is 0.733. The highest BCUT2D eigenvalue weighted by Crippen LogP contribution is 2.17. The number of rotatable bonds is 5. The zero-order valence-corrected chi connectivity index (χ0v) is 10.6. The van der Waals surface area contributed by atoms with Crippen molar-refractivity contribution in [2.24, 2.45) is 0 Å². The van der Waals surface area contributed by atoms with Crippen LogP contribution < -0.4 is 5.32 Å². The van der Waals surface area contributed by atoms with Gasteiger partial charge in [-0.15, -0.1) is 0 Å². The molecule has 1 fully saturated rings. The Balaban J connectivity index is 1.79. The fraction of sp³-hybridized carbons (Fsp3) is 0.500. The third-order valence-electron chi connectivity index (χ3n) is 3.13. The average Bonchev–Trinajstić information content (AvgIpc) is 2.85. The summed E-state index contributed by atoms with van der Waals surface area (Å²) >= 11 is 0. The molecule has 0 amide bonds. The van der Waals surface area contributed by atoms with E-state index in [1.54, 1.807) is 19.2 Å². The number of hydrogen-bond donors (Lipinski definition) is 1. The maximum Gasteiger partial charge on any atom is 0.339 e. The van der Waals surface area contributed by atoms with Gasteiger partial charge in [0.05, 0.1) is 5.56 Å². The van der Waals surface area contributed by atoms with Gasteiger partial charge in [0.15, 0.2) is 6.23 Å². The number of hydrogen-bond acceptors (Lipinski definition) is 4. The number of carbonyl (C=O) groups excluding carboxylic acids is 1. The first-order chi connectivity index (χ1) is 8.79. The molecule has 1 aromatic rings. The standard InChI is InChI=1S/C14H19NO3/c1-17-10-9-12-7-8-13(15-12)18-14(16)11-5-3-2-4-6-11/h2-6,12-13,15H,7-10H2,1H3. The van der Waals surface area contributed by atoms with Crippen LogP contribution in [0.4, 0.5) is 0 Å². The SMILES string of the molecule is COCCC1CCC(OC(=O)c2ccccc2)N1. The fourth-order valence-electron chi connectivity index (χ4n) is 2.13. The van der Waals surface area contributed by atoms with Crippen LogP contribution in [0.3, 0.4) is 0 Å². The van der Waals surface area contributed by atoms with Gasteiger partial charge >= 0.3 is 5.97 Å². The topological polar surface area (TPSA) is 47.6 Å². The van der Waals surface area contributed by atoms with Crippen LogP contribution in [0, 0.1) is 0 Å². The molecule has 1 aromatic carbocycles. The molecule has 18 heavy (non-hydrogen) atoms. The van der Waals surface area contributed by atoms with E-state index in [1.807, 2.05) is 18.2 Å². The zero-order valence-electron chi connectivity index (χ0n) is 10.6. The van der Waals surface area contributed by atoms with Crippen molar-refractivity contribution in [3.63, 3.8) is 0 Å². The summed E-state index contributed by atoms with van der Waals surface area (Å²) in [7, 11) is 1.70. The summed E-state index contributed by atoms with van der Waals surface area (Å²) in [6, 6.07) is 9.46. The Morgan fingerprint density at radius 3 is 2.83 bits per heavy atom. The second kappa shape index (κ2) is 6.52. The average molecular weight is 249 g/mol. The first-order valence-electron chi connectivity index (χ1n) is 6.30. The largest absolute Gasteiger partial charge is 0.443 e. The van der Waals surface area contributed by atoms with Gasteiger partial charge < -0.3 is 9.47 Å². The van der Waals surface area contributed by atoms with Crippen LogP contribution in [-0.4, -0.2) is 32.0 Å². The Hall–Kier alpha value is -1.39. The summed E-state index contributed by atoms with van der Waals surface area (Å²) < 4.78 is 10.5. The van der Waals surface area contributed by atoms with Crippen molar-refractivity contribution in [1.82, 2.24) is 5.32 Å². The minimum atomic E-state index is -0.263. The van der Waals surface area contributed by atoms with E-state index in [0.717, 1.165) is 25.9 Å². The molecular formula is C14H19NO3. The van der Waals surface area contributed by atoms with E-state index < -0.39 is 0 Å². The highest BCUT2D eigenvalue weighted by Gasteiger charge is 2.26. The van der Waals surface area contributed by atoms with E-state index in [9.17, 15) is 4.79 Å². The van der Waals surface area contributed by atoms with E-state index in [2.05, 4.69) is 5.32 Å². The molecule has 0 radical (unpaired) electrons. The molecule has 1 heterocycles. The van der Waals surface area contributed by atoms with Gasteiger partial charge in [-0.3, -0.25) is 5.32 Å². The number of benzene rings is 1. The van der Waals surface area contributed by atoms with Gasteiger partial charge in [-0.05, 0) is 31.4 Å². The monoisotopic (exact) mass is 249 g/mol. The van der Waals surface area contributed by atoms with Crippen LogP contribution in [0.1, 0.15) is 29.6 Å². The van der Waals surface area contributed by atoms with Crippen LogP contribution in [0.25, 0.3) is 0 Å². The van der Waals surface area contributed by atoms with Crippen molar-refractivity contribution in [1.29, 1.82) is 0 Å². The summed E-state index contributed by atoms with van der Waals surface area (Å²) in [5.41, 5.74) is 0.597. The second-order valence-corrected chi connectivity index (χ2v) is 4.48. The molecule has 0 aliphatic carbocycles. The van der Waals surface area contributed by atoms with Crippen molar-refractivity contribution in [3.05, 3.63) is 35.9 Å². The first-order valence-corrected chi connectivity index (χ1v) is 6.30. The van der Waals surface area contributed by atoms with E-state index >= 15 is 0 Å². The number of esters is 1. The molecule has 0 bridgehead atoms. The van der Waals surface area contributed by atoms with Gasteiger partial charge in [-0.2, -0.15) is 0 Å². The molecule has 0 spiro atoms. The molecular weight excluding hydrogens is 230 g/mol. The van der Waals surface area contributed by atoms with Crippen molar-refractivity contribution < 1.29 is 14.3 Å². The van der Waals surface area contributed by atoms with Crippen molar-refractivity contribution >= 4 is 5.97 Å².